The molecule has 0 bridgehead atoms. The average Bonchev–Trinajstić information content (AvgIpc) is 2.98. The van der Waals surface area contributed by atoms with Crippen molar-refractivity contribution in [2.45, 2.75) is 12.5 Å². The molecule has 1 fully saturated rings. The van der Waals surface area contributed by atoms with E-state index >= 15 is 0 Å². The minimum absolute atomic E-state index is 0.0480. The summed E-state index contributed by atoms with van der Waals surface area (Å²) in [6.07, 6.45) is 2.31. The third kappa shape index (κ3) is 4.30. The molecule has 1 saturated heterocycles. The number of ketones is 1. The van der Waals surface area contributed by atoms with Crippen molar-refractivity contribution in [1.82, 2.24) is 14.8 Å². The summed E-state index contributed by atoms with van der Waals surface area (Å²) >= 11 is 0. The first-order valence-electron chi connectivity index (χ1n) is 9.42. The molecular weight excluding hydrogens is 370 g/mol. The maximum atomic E-state index is 12.9. The van der Waals surface area contributed by atoms with Gasteiger partial charge in [-0.2, -0.15) is 0 Å². The summed E-state index contributed by atoms with van der Waals surface area (Å²) < 4.78 is 5.21. The van der Waals surface area contributed by atoms with Gasteiger partial charge in [-0.1, -0.05) is 18.2 Å². The fourth-order valence-corrected chi connectivity index (χ4v) is 3.44. The van der Waals surface area contributed by atoms with Crippen LogP contribution in [0.15, 0.2) is 54.2 Å². The molecule has 0 radical (unpaired) electrons. The van der Waals surface area contributed by atoms with E-state index in [-0.39, 0.29) is 11.3 Å². The van der Waals surface area contributed by atoms with Crippen molar-refractivity contribution in [3.05, 3.63) is 65.5 Å². The van der Waals surface area contributed by atoms with Crippen molar-refractivity contribution in [2.24, 2.45) is 0 Å². The van der Waals surface area contributed by atoms with Crippen molar-refractivity contribution in [1.29, 1.82) is 0 Å². The second-order valence-corrected chi connectivity index (χ2v) is 7.14. The normalized spacial score (nSPS) is 18.5. The molecule has 0 spiro atoms. The van der Waals surface area contributed by atoms with E-state index in [0.29, 0.717) is 30.0 Å². The highest BCUT2D eigenvalue weighted by molar-refractivity contribution is 6.46. The highest BCUT2D eigenvalue weighted by atomic mass is 16.5. The predicted octanol–water partition coefficient (Wildman–Crippen LogP) is 2.46. The molecule has 1 aromatic heterocycles. The summed E-state index contributed by atoms with van der Waals surface area (Å²) in [5.41, 5.74) is 1.00. The Morgan fingerprint density at radius 1 is 1.21 bits per heavy atom. The van der Waals surface area contributed by atoms with Crippen LogP contribution in [0.4, 0.5) is 0 Å². The van der Waals surface area contributed by atoms with Gasteiger partial charge in [0.25, 0.3) is 11.7 Å². The van der Waals surface area contributed by atoms with Crippen LogP contribution >= 0.6 is 0 Å². The first-order chi connectivity index (χ1) is 13.9. The summed E-state index contributed by atoms with van der Waals surface area (Å²) in [5.74, 6) is -1.01. The fraction of sp³-hybridized carbons (Fsp3) is 0.318. The first-order valence-corrected chi connectivity index (χ1v) is 9.42. The Hall–Kier alpha value is -3.19. The van der Waals surface area contributed by atoms with Gasteiger partial charge in [0, 0.05) is 18.3 Å². The monoisotopic (exact) mass is 395 g/mol. The third-order valence-corrected chi connectivity index (χ3v) is 4.86. The second kappa shape index (κ2) is 8.87. The summed E-state index contributed by atoms with van der Waals surface area (Å²) in [7, 11) is 5.43. The second-order valence-electron chi connectivity index (χ2n) is 7.14. The number of nitrogens with zero attached hydrogens (tertiary/aromatic N) is 3. The molecule has 2 heterocycles. The van der Waals surface area contributed by atoms with Crippen LogP contribution in [0, 0.1) is 0 Å². The lowest BCUT2D eigenvalue weighted by Gasteiger charge is -2.25. The van der Waals surface area contributed by atoms with Crippen molar-refractivity contribution >= 4 is 17.4 Å². The van der Waals surface area contributed by atoms with E-state index in [1.807, 2.05) is 19.0 Å². The number of carbonyl (C=O) groups excluding carboxylic acids is 2. The summed E-state index contributed by atoms with van der Waals surface area (Å²) in [5, 5.41) is 11.0. The van der Waals surface area contributed by atoms with Gasteiger partial charge in [-0.15, -0.1) is 0 Å². The number of likely N-dealkylation sites (tertiary alicyclic amines) is 1. The summed E-state index contributed by atoms with van der Waals surface area (Å²) in [6.45, 7) is 1.16. The lowest BCUT2D eigenvalue weighted by Crippen LogP contribution is -2.32. The SMILES string of the molecule is COc1cccc(/C(O)=C2/C(=O)C(=O)N(CCCN(C)C)C2c2ccccn2)c1. The first kappa shape index (κ1) is 20.5. The number of Topliss-reactive ketones (excluding diaryl/α,β-unsaturated/α-hetero) is 1. The van der Waals surface area contributed by atoms with Crippen LogP contribution in [-0.4, -0.2) is 65.9 Å². The van der Waals surface area contributed by atoms with Gasteiger partial charge in [-0.05, 0) is 51.3 Å². The zero-order chi connectivity index (χ0) is 21.0. The molecule has 1 amide bonds. The average molecular weight is 395 g/mol. The summed E-state index contributed by atoms with van der Waals surface area (Å²) in [4.78, 5) is 33.6. The van der Waals surface area contributed by atoms with E-state index in [2.05, 4.69) is 4.98 Å². The molecule has 7 nitrogen and oxygen atoms in total. The number of hydrogen-bond acceptors (Lipinski definition) is 6. The van der Waals surface area contributed by atoms with Crippen LogP contribution in [0.5, 0.6) is 5.75 Å². The number of aliphatic hydroxyl groups is 1. The number of hydrogen-bond donors (Lipinski definition) is 1. The number of carbonyl (C=O) groups is 2. The molecule has 2 aromatic rings. The van der Waals surface area contributed by atoms with E-state index in [1.54, 1.807) is 48.7 Å². The molecule has 29 heavy (non-hydrogen) atoms. The largest absolute Gasteiger partial charge is 0.507 e. The van der Waals surface area contributed by atoms with E-state index in [1.165, 1.54) is 12.0 Å². The number of methoxy groups -OCH3 is 1. The van der Waals surface area contributed by atoms with Crippen LogP contribution in [0.3, 0.4) is 0 Å². The minimum Gasteiger partial charge on any atom is -0.507 e. The Balaban J connectivity index is 2.07. The van der Waals surface area contributed by atoms with Crippen molar-refractivity contribution in [3.8, 4) is 5.75 Å². The van der Waals surface area contributed by atoms with Crippen LogP contribution < -0.4 is 4.74 Å². The number of aliphatic hydroxyl groups excluding tert-OH is 1. The maximum absolute atomic E-state index is 12.9. The standard InChI is InChI=1S/C22H25N3O4/c1-24(2)12-7-13-25-19(17-10-4-5-11-23-17)18(21(27)22(25)28)20(26)15-8-6-9-16(14-15)29-3/h4-6,8-11,14,19,26H,7,12-13H2,1-3H3/b20-18-. The lowest BCUT2D eigenvalue weighted by molar-refractivity contribution is -0.140. The van der Waals surface area contributed by atoms with E-state index < -0.39 is 17.7 Å². The lowest BCUT2D eigenvalue weighted by atomic mass is 9.98. The molecule has 1 atom stereocenters. The topological polar surface area (TPSA) is 83.0 Å². The molecule has 152 valence electrons. The van der Waals surface area contributed by atoms with Crippen LogP contribution in [-0.2, 0) is 9.59 Å². The van der Waals surface area contributed by atoms with Gasteiger partial charge in [0.2, 0.25) is 0 Å². The number of rotatable bonds is 7. The van der Waals surface area contributed by atoms with Gasteiger partial charge in [0.05, 0.1) is 18.4 Å². The molecule has 1 aliphatic rings. The van der Waals surface area contributed by atoms with Crippen LogP contribution in [0.2, 0.25) is 0 Å². The van der Waals surface area contributed by atoms with Crippen molar-refractivity contribution < 1.29 is 19.4 Å². The van der Waals surface area contributed by atoms with E-state index in [9.17, 15) is 14.7 Å². The Kier molecular flexibility index (Phi) is 6.29. The number of ether oxygens (including phenoxy) is 1. The van der Waals surface area contributed by atoms with E-state index in [4.69, 9.17) is 4.74 Å². The van der Waals surface area contributed by atoms with Crippen molar-refractivity contribution in [2.75, 3.05) is 34.3 Å². The van der Waals surface area contributed by atoms with Gasteiger partial charge in [0.1, 0.15) is 17.6 Å². The van der Waals surface area contributed by atoms with Gasteiger partial charge in [-0.25, -0.2) is 0 Å². The number of aromatic nitrogens is 1. The number of pyridine rings is 1. The quantitative estimate of drug-likeness (QED) is 0.441. The van der Waals surface area contributed by atoms with E-state index in [0.717, 1.165) is 6.54 Å². The Bertz CT molecular complexity index is 925. The molecule has 0 aliphatic carbocycles. The zero-order valence-corrected chi connectivity index (χ0v) is 16.8. The fourth-order valence-electron chi connectivity index (χ4n) is 3.44. The molecule has 0 saturated carbocycles. The van der Waals surface area contributed by atoms with Crippen LogP contribution in [0.1, 0.15) is 23.7 Å². The Labute approximate surface area is 170 Å². The maximum Gasteiger partial charge on any atom is 0.295 e. The molecular formula is C22H25N3O4. The van der Waals surface area contributed by atoms with Gasteiger partial charge in [-0.3, -0.25) is 14.6 Å². The van der Waals surface area contributed by atoms with Gasteiger partial charge in [0.15, 0.2) is 0 Å². The molecule has 7 heteroatoms. The van der Waals surface area contributed by atoms with Gasteiger partial charge < -0.3 is 19.6 Å². The minimum atomic E-state index is -0.732. The molecule has 1 N–H and O–H groups in total. The summed E-state index contributed by atoms with van der Waals surface area (Å²) in [6, 6.07) is 11.4. The third-order valence-electron chi connectivity index (χ3n) is 4.86. The Morgan fingerprint density at radius 2 is 2.00 bits per heavy atom. The smallest absolute Gasteiger partial charge is 0.295 e. The highest BCUT2D eigenvalue weighted by Gasteiger charge is 2.46. The zero-order valence-electron chi connectivity index (χ0n) is 16.8. The number of benzene rings is 1. The Morgan fingerprint density at radius 3 is 2.66 bits per heavy atom. The van der Waals surface area contributed by atoms with Crippen LogP contribution in [0.25, 0.3) is 5.76 Å². The molecule has 1 aliphatic heterocycles. The highest BCUT2D eigenvalue weighted by Crippen LogP contribution is 2.38. The molecule has 3 rings (SSSR count). The molecule has 1 aromatic carbocycles. The van der Waals surface area contributed by atoms with Gasteiger partial charge >= 0.3 is 0 Å². The van der Waals surface area contributed by atoms with Crippen molar-refractivity contribution in [3.63, 3.8) is 0 Å². The predicted molar refractivity (Wildman–Crippen MR) is 109 cm³/mol. The molecule has 1 unspecified atom stereocenters. The number of amides is 1.